The molecule has 1 aliphatic heterocycles. The molecule has 5 rings (SSSR count). The normalized spacial score (nSPS) is 30.0. The van der Waals surface area contributed by atoms with Crippen LogP contribution in [0.4, 0.5) is 11.4 Å². The van der Waals surface area contributed by atoms with Crippen molar-refractivity contribution in [3.05, 3.63) is 28.3 Å². The summed E-state index contributed by atoms with van der Waals surface area (Å²) < 4.78 is 11.1. The highest BCUT2D eigenvalue weighted by Crippen LogP contribution is 2.61. The number of amides is 1. The summed E-state index contributed by atoms with van der Waals surface area (Å²) in [5.41, 5.74) is 0.349. The molecule has 1 heterocycles. The largest absolute Gasteiger partial charge is 0.482 e. The van der Waals surface area contributed by atoms with Gasteiger partial charge in [0, 0.05) is 12.1 Å². The van der Waals surface area contributed by atoms with Crippen LogP contribution in [0.2, 0.25) is 0 Å². The van der Waals surface area contributed by atoms with Crippen LogP contribution < -0.4 is 9.64 Å². The number of nitro groups is 1. The van der Waals surface area contributed by atoms with Crippen LogP contribution in [-0.4, -0.2) is 36.1 Å². The van der Waals surface area contributed by atoms with Crippen molar-refractivity contribution in [3.8, 4) is 5.75 Å². The number of carbonyl (C=O) groups is 2. The lowest BCUT2D eigenvalue weighted by Crippen LogP contribution is -2.57. The number of non-ortho nitro benzene ring substituents is 1. The average Bonchev–Trinajstić information content (AvgIpc) is 2.64. The number of hydrogen-bond acceptors (Lipinski definition) is 6. The van der Waals surface area contributed by atoms with Crippen LogP contribution in [0.25, 0.3) is 0 Å². The minimum atomic E-state index is -0.548. The van der Waals surface area contributed by atoms with Gasteiger partial charge in [-0.1, -0.05) is 20.8 Å². The fourth-order valence-electron chi connectivity index (χ4n) is 5.07. The molecular formula is C20H24N2O6. The van der Waals surface area contributed by atoms with Crippen molar-refractivity contribution in [3.63, 3.8) is 0 Å². The summed E-state index contributed by atoms with van der Waals surface area (Å²) in [5.74, 6) is 0.788. The molecule has 4 atom stereocenters. The standard InChI is InChI=1S/C20H24N2O6/c1-11-14-6-12(20(14,2)3)7-17(11)28-19(24)9-21-15-8-13(22(25)26)4-5-16(15)27-10-18(21)23/h4-5,8,11-12,14,17H,6-7,9-10H2,1-3H3. The van der Waals surface area contributed by atoms with E-state index in [9.17, 15) is 19.7 Å². The van der Waals surface area contributed by atoms with E-state index in [0.29, 0.717) is 23.0 Å². The number of nitro benzene ring substituents is 1. The zero-order valence-electron chi connectivity index (χ0n) is 16.2. The van der Waals surface area contributed by atoms with Gasteiger partial charge in [-0.15, -0.1) is 0 Å². The van der Waals surface area contributed by atoms with E-state index in [2.05, 4.69) is 20.8 Å². The minimum Gasteiger partial charge on any atom is -0.482 e. The van der Waals surface area contributed by atoms with E-state index in [1.54, 1.807) is 0 Å². The van der Waals surface area contributed by atoms with E-state index in [-0.39, 0.29) is 36.5 Å². The van der Waals surface area contributed by atoms with Gasteiger partial charge in [-0.3, -0.25) is 24.6 Å². The van der Waals surface area contributed by atoms with Gasteiger partial charge in [0.05, 0.1) is 10.6 Å². The Morgan fingerprint density at radius 3 is 2.79 bits per heavy atom. The SMILES string of the molecule is CC1C(OC(=O)CN2C(=O)COc3ccc([N+](=O)[O-])cc32)CC2CC1C2(C)C. The molecule has 2 bridgehead atoms. The third kappa shape index (κ3) is 2.91. The molecule has 0 N–H and O–H groups in total. The van der Waals surface area contributed by atoms with Crippen molar-refractivity contribution in [2.75, 3.05) is 18.1 Å². The lowest BCUT2D eigenvalue weighted by Gasteiger charge is -2.61. The fourth-order valence-corrected chi connectivity index (χ4v) is 5.07. The van der Waals surface area contributed by atoms with Gasteiger partial charge in [0.15, 0.2) is 6.61 Å². The smallest absolute Gasteiger partial charge is 0.326 e. The van der Waals surface area contributed by atoms with Gasteiger partial charge in [-0.2, -0.15) is 0 Å². The Labute approximate surface area is 162 Å². The monoisotopic (exact) mass is 388 g/mol. The quantitative estimate of drug-likeness (QED) is 0.447. The number of fused-ring (bicyclic) bond motifs is 3. The number of hydrogen-bond donors (Lipinski definition) is 0. The van der Waals surface area contributed by atoms with Crippen LogP contribution in [-0.2, 0) is 14.3 Å². The Morgan fingerprint density at radius 1 is 1.39 bits per heavy atom. The van der Waals surface area contributed by atoms with E-state index in [4.69, 9.17) is 9.47 Å². The van der Waals surface area contributed by atoms with Crippen molar-refractivity contribution >= 4 is 23.3 Å². The van der Waals surface area contributed by atoms with E-state index >= 15 is 0 Å². The fraction of sp³-hybridized carbons (Fsp3) is 0.600. The zero-order valence-corrected chi connectivity index (χ0v) is 16.2. The number of carbonyl (C=O) groups excluding carboxylic acids is 2. The van der Waals surface area contributed by atoms with Crippen molar-refractivity contribution < 1.29 is 24.0 Å². The predicted molar refractivity (Wildman–Crippen MR) is 100.0 cm³/mol. The number of rotatable bonds is 4. The molecule has 4 aliphatic rings. The van der Waals surface area contributed by atoms with Gasteiger partial charge in [-0.05, 0) is 42.1 Å². The van der Waals surface area contributed by atoms with Crippen molar-refractivity contribution in [2.24, 2.45) is 23.2 Å². The highest BCUT2D eigenvalue weighted by Gasteiger charge is 2.57. The van der Waals surface area contributed by atoms with Crippen molar-refractivity contribution in [1.82, 2.24) is 0 Å². The number of anilines is 1. The Bertz CT molecular complexity index is 851. The molecule has 0 saturated heterocycles. The molecule has 1 aromatic rings. The van der Waals surface area contributed by atoms with Crippen LogP contribution in [0.1, 0.15) is 33.6 Å². The topological polar surface area (TPSA) is 99.0 Å². The maximum atomic E-state index is 12.6. The van der Waals surface area contributed by atoms with Crippen molar-refractivity contribution in [1.29, 1.82) is 0 Å². The summed E-state index contributed by atoms with van der Waals surface area (Å²) in [5, 5.41) is 11.1. The Hall–Kier alpha value is -2.64. The molecule has 0 aromatic heterocycles. The summed E-state index contributed by atoms with van der Waals surface area (Å²) in [7, 11) is 0. The molecule has 4 unspecified atom stereocenters. The Balaban J connectivity index is 1.47. The molecule has 8 nitrogen and oxygen atoms in total. The average molecular weight is 388 g/mol. The Kier molecular flexibility index (Phi) is 4.32. The molecule has 3 fully saturated rings. The molecule has 28 heavy (non-hydrogen) atoms. The maximum absolute atomic E-state index is 12.6. The van der Waals surface area contributed by atoms with Gasteiger partial charge in [0.2, 0.25) is 0 Å². The summed E-state index contributed by atoms with van der Waals surface area (Å²) in [6, 6.07) is 4.00. The third-order valence-corrected chi connectivity index (χ3v) is 6.95. The van der Waals surface area contributed by atoms with Crippen LogP contribution in [0.5, 0.6) is 5.75 Å². The molecule has 3 aliphatic carbocycles. The number of esters is 1. The van der Waals surface area contributed by atoms with Gasteiger partial charge >= 0.3 is 5.97 Å². The first-order valence-electron chi connectivity index (χ1n) is 9.59. The summed E-state index contributed by atoms with van der Waals surface area (Å²) in [6.07, 6.45) is 1.88. The molecule has 150 valence electrons. The molecule has 1 aromatic carbocycles. The maximum Gasteiger partial charge on any atom is 0.326 e. The summed E-state index contributed by atoms with van der Waals surface area (Å²) in [6.45, 7) is 6.18. The Morgan fingerprint density at radius 2 is 2.14 bits per heavy atom. The van der Waals surface area contributed by atoms with E-state index in [0.717, 1.165) is 6.42 Å². The van der Waals surface area contributed by atoms with Crippen LogP contribution in [0.3, 0.4) is 0 Å². The van der Waals surface area contributed by atoms with Crippen LogP contribution in [0, 0.1) is 33.3 Å². The first-order chi connectivity index (χ1) is 13.2. The lowest BCUT2D eigenvalue weighted by molar-refractivity contribution is -0.384. The summed E-state index contributed by atoms with van der Waals surface area (Å²) in [4.78, 5) is 36.6. The molecule has 0 spiro atoms. The first kappa shape index (κ1) is 18.7. The molecular weight excluding hydrogens is 364 g/mol. The van der Waals surface area contributed by atoms with Gasteiger partial charge in [0.1, 0.15) is 18.4 Å². The molecule has 3 saturated carbocycles. The zero-order chi connectivity index (χ0) is 20.2. The van der Waals surface area contributed by atoms with Crippen LogP contribution >= 0.6 is 0 Å². The summed E-state index contributed by atoms with van der Waals surface area (Å²) >= 11 is 0. The number of nitrogens with zero attached hydrogens (tertiary/aromatic N) is 2. The predicted octanol–water partition coefficient (Wildman–Crippen LogP) is 2.93. The van der Waals surface area contributed by atoms with E-state index < -0.39 is 16.8 Å². The number of ether oxygens (including phenoxy) is 2. The van der Waals surface area contributed by atoms with Crippen molar-refractivity contribution in [2.45, 2.75) is 39.7 Å². The second-order valence-corrected chi connectivity index (χ2v) is 8.66. The van der Waals surface area contributed by atoms with Crippen LogP contribution in [0.15, 0.2) is 18.2 Å². The molecule has 0 radical (unpaired) electrons. The van der Waals surface area contributed by atoms with E-state index in [1.807, 2.05) is 0 Å². The molecule has 8 heteroatoms. The molecule has 1 amide bonds. The van der Waals surface area contributed by atoms with Gasteiger partial charge in [0.25, 0.3) is 11.6 Å². The second kappa shape index (κ2) is 6.46. The highest BCUT2D eigenvalue weighted by atomic mass is 16.6. The lowest BCUT2D eigenvalue weighted by atomic mass is 9.45. The van der Waals surface area contributed by atoms with E-state index in [1.165, 1.54) is 29.5 Å². The minimum absolute atomic E-state index is 0.148. The van der Waals surface area contributed by atoms with Gasteiger partial charge in [-0.25, -0.2) is 0 Å². The highest BCUT2D eigenvalue weighted by molar-refractivity contribution is 6.01. The number of benzene rings is 1. The van der Waals surface area contributed by atoms with Gasteiger partial charge < -0.3 is 9.47 Å². The third-order valence-electron chi connectivity index (χ3n) is 6.95. The second-order valence-electron chi connectivity index (χ2n) is 8.66. The first-order valence-corrected chi connectivity index (χ1v) is 9.59.